The largest absolute Gasteiger partial charge is 0.457 e. The summed E-state index contributed by atoms with van der Waals surface area (Å²) < 4.78 is 5.20. The molecule has 0 aliphatic rings. The van der Waals surface area contributed by atoms with Crippen molar-refractivity contribution in [2.24, 2.45) is 0 Å². The molecule has 0 fully saturated rings. The number of hydrogen-bond donors (Lipinski definition) is 3. The fourth-order valence-corrected chi connectivity index (χ4v) is 2.38. The zero-order chi connectivity index (χ0) is 17.1. The van der Waals surface area contributed by atoms with E-state index in [2.05, 4.69) is 15.3 Å². The maximum absolute atomic E-state index is 12.2. The van der Waals surface area contributed by atoms with Crippen LogP contribution < -0.4 is 16.6 Å². The second kappa shape index (κ2) is 6.41. The van der Waals surface area contributed by atoms with Crippen LogP contribution in [-0.4, -0.2) is 23.0 Å². The fraction of sp³-hybridized carbons (Fsp3) is 0.118. The highest BCUT2D eigenvalue weighted by molar-refractivity contribution is 5.97. The van der Waals surface area contributed by atoms with Crippen molar-refractivity contribution in [1.82, 2.24) is 9.97 Å². The Morgan fingerprint density at radius 3 is 2.96 bits per heavy atom. The molecule has 7 nitrogen and oxygen atoms in total. The van der Waals surface area contributed by atoms with Crippen LogP contribution in [0.15, 0.2) is 47.5 Å². The van der Waals surface area contributed by atoms with Gasteiger partial charge in [-0.15, -0.1) is 0 Å². The highest BCUT2D eigenvalue weighted by Gasteiger charge is 2.15. The van der Waals surface area contributed by atoms with Crippen molar-refractivity contribution in [3.8, 4) is 0 Å². The van der Waals surface area contributed by atoms with Gasteiger partial charge in [-0.2, -0.15) is 0 Å². The zero-order valence-corrected chi connectivity index (χ0v) is 13.0. The maximum atomic E-state index is 12.2. The number of H-pyrrole nitrogens is 1. The van der Waals surface area contributed by atoms with Gasteiger partial charge in [-0.05, 0) is 18.2 Å². The van der Waals surface area contributed by atoms with Crippen LogP contribution in [0.4, 0.5) is 11.4 Å². The number of fused-ring (bicyclic) bond motifs is 1. The van der Waals surface area contributed by atoms with E-state index in [4.69, 9.17) is 10.5 Å². The first kappa shape index (κ1) is 15.5. The summed E-state index contributed by atoms with van der Waals surface area (Å²) >= 11 is 0. The molecule has 0 radical (unpaired) electrons. The van der Waals surface area contributed by atoms with Gasteiger partial charge in [-0.3, -0.25) is 9.78 Å². The lowest BCUT2D eigenvalue weighted by Gasteiger charge is -2.09. The smallest absolute Gasteiger partial charge is 0.344 e. The Morgan fingerprint density at radius 2 is 2.21 bits per heavy atom. The summed E-state index contributed by atoms with van der Waals surface area (Å²) in [7, 11) is 1.76. The van der Waals surface area contributed by atoms with Gasteiger partial charge >= 0.3 is 5.97 Å². The predicted octanol–water partition coefficient (Wildman–Crippen LogP) is 1.90. The average molecular weight is 324 g/mol. The van der Waals surface area contributed by atoms with E-state index >= 15 is 0 Å². The predicted molar refractivity (Wildman–Crippen MR) is 91.9 cm³/mol. The van der Waals surface area contributed by atoms with Gasteiger partial charge in [0.1, 0.15) is 12.2 Å². The zero-order valence-electron chi connectivity index (χ0n) is 13.0. The average Bonchev–Trinajstić information content (AvgIpc) is 2.59. The van der Waals surface area contributed by atoms with Crippen LogP contribution in [0.1, 0.15) is 15.9 Å². The van der Waals surface area contributed by atoms with Crippen molar-refractivity contribution in [3.63, 3.8) is 0 Å². The minimum Gasteiger partial charge on any atom is -0.457 e. The topological polar surface area (TPSA) is 110 Å². The molecule has 0 unspecified atom stereocenters. The summed E-state index contributed by atoms with van der Waals surface area (Å²) in [6.07, 6.45) is 3.03. The van der Waals surface area contributed by atoms with Crippen molar-refractivity contribution >= 4 is 28.2 Å². The number of aromatic nitrogens is 2. The molecule has 1 aromatic carbocycles. The van der Waals surface area contributed by atoms with Crippen molar-refractivity contribution in [1.29, 1.82) is 0 Å². The molecular weight excluding hydrogens is 308 g/mol. The Hall–Kier alpha value is -3.35. The fourth-order valence-electron chi connectivity index (χ4n) is 2.38. The summed E-state index contributed by atoms with van der Waals surface area (Å²) in [5.74, 6) is -0.704. The van der Waals surface area contributed by atoms with Crippen LogP contribution in [0.2, 0.25) is 0 Å². The first-order valence-corrected chi connectivity index (χ1v) is 7.29. The molecule has 0 atom stereocenters. The Morgan fingerprint density at radius 1 is 1.38 bits per heavy atom. The summed E-state index contributed by atoms with van der Waals surface area (Å²) in [5, 5.41) is 3.73. The number of aromatic amines is 1. The number of ether oxygens (including phenoxy) is 1. The van der Waals surface area contributed by atoms with Gasteiger partial charge < -0.3 is 20.8 Å². The Bertz CT molecular complexity index is 965. The second-order valence-electron chi connectivity index (χ2n) is 5.18. The Labute approximate surface area is 137 Å². The van der Waals surface area contributed by atoms with Gasteiger partial charge in [0.25, 0.3) is 5.56 Å². The number of carbonyl (C=O) groups excluding carboxylic acids is 1. The first-order chi connectivity index (χ1) is 11.6. The molecule has 0 amide bonds. The van der Waals surface area contributed by atoms with Crippen molar-refractivity contribution in [2.75, 3.05) is 18.1 Å². The molecule has 0 aliphatic heterocycles. The molecule has 7 heteroatoms. The molecule has 4 N–H and O–H groups in total. The molecule has 0 aliphatic carbocycles. The number of carbonyl (C=O) groups is 1. The molecule has 3 rings (SSSR count). The van der Waals surface area contributed by atoms with E-state index in [1.54, 1.807) is 19.3 Å². The minimum absolute atomic E-state index is 0.0266. The number of rotatable bonds is 4. The van der Waals surface area contributed by atoms with Crippen LogP contribution in [0, 0.1) is 0 Å². The highest BCUT2D eigenvalue weighted by atomic mass is 16.5. The molecule has 0 bridgehead atoms. The van der Waals surface area contributed by atoms with Crippen LogP contribution in [0.5, 0.6) is 0 Å². The SMILES string of the molecule is CNc1cccc2cc(C(=O)OCc3ccncc3N)c(=O)[nH]c12. The second-order valence-corrected chi connectivity index (χ2v) is 5.18. The van der Waals surface area contributed by atoms with Crippen LogP contribution in [-0.2, 0) is 11.3 Å². The van der Waals surface area contributed by atoms with E-state index in [9.17, 15) is 9.59 Å². The van der Waals surface area contributed by atoms with Crippen LogP contribution in [0.3, 0.4) is 0 Å². The summed E-state index contributed by atoms with van der Waals surface area (Å²) in [6, 6.07) is 8.66. The molecule has 0 saturated heterocycles. The molecule has 2 aromatic heterocycles. The first-order valence-electron chi connectivity index (χ1n) is 7.29. The summed E-state index contributed by atoms with van der Waals surface area (Å²) in [4.78, 5) is 31.0. The van der Waals surface area contributed by atoms with E-state index in [0.717, 1.165) is 11.1 Å². The van der Waals surface area contributed by atoms with E-state index in [-0.39, 0.29) is 12.2 Å². The van der Waals surface area contributed by atoms with Gasteiger partial charge in [0.05, 0.1) is 23.1 Å². The standard InChI is InChI=1S/C17H16N4O3/c1-19-14-4-2-3-10-7-12(16(22)21-15(10)14)17(23)24-9-11-5-6-20-8-13(11)18/h2-8,19H,9,18H2,1H3,(H,21,22). The quantitative estimate of drug-likeness (QED) is 0.632. The van der Waals surface area contributed by atoms with Gasteiger partial charge in [0.2, 0.25) is 0 Å². The van der Waals surface area contributed by atoms with Gasteiger partial charge in [-0.25, -0.2) is 4.79 Å². The number of nitrogens with one attached hydrogen (secondary N) is 2. The van der Waals surface area contributed by atoms with Crippen LogP contribution >= 0.6 is 0 Å². The molecule has 0 spiro atoms. The monoisotopic (exact) mass is 324 g/mol. The summed E-state index contributed by atoms with van der Waals surface area (Å²) in [6.45, 7) is -0.0266. The van der Waals surface area contributed by atoms with E-state index in [1.807, 2.05) is 18.2 Å². The Balaban J connectivity index is 1.89. The van der Waals surface area contributed by atoms with Crippen molar-refractivity contribution < 1.29 is 9.53 Å². The number of nitrogen functional groups attached to an aromatic ring is 1. The number of benzene rings is 1. The molecular formula is C17H16N4O3. The maximum Gasteiger partial charge on any atom is 0.344 e. The molecule has 2 heterocycles. The number of para-hydroxylation sites is 1. The van der Waals surface area contributed by atoms with Crippen molar-refractivity contribution in [2.45, 2.75) is 6.61 Å². The van der Waals surface area contributed by atoms with E-state index in [1.165, 1.54) is 12.3 Å². The number of nitrogens with zero attached hydrogens (tertiary/aromatic N) is 1. The number of nitrogens with two attached hydrogens (primary N) is 1. The molecule has 122 valence electrons. The number of pyridine rings is 2. The summed E-state index contributed by atoms with van der Waals surface area (Å²) in [5.41, 5.74) is 7.67. The third-order valence-corrected chi connectivity index (χ3v) is 3.67. The third-order valence-electron chi connectivity index (χ3n) is 3.67. The lowest BCUT2D eigenvalue weighted by Crippen LogP contribution is -2.20. The normalized spacial score (nSPS) is 10.5. The lowest BCUT2D eigenvalue weighted by molar-refractivity contribution is 0.0471. The molecule has 24 heavy (non-hydrogen) atoms. The lowest BCUT2D eigenvalue weighted by atomic mass is 10.1. The minimum atomic E-state index is -0.704. The molecule has 3 aromatic rings. The highest BCUT2D eigenvalue weighted by Crippen LogP contribution is 2.20. The number of esters is 1. The van der Waals surface area contributed by atoms with Gasteiger partial charge in [0, 0.05) is 24.2 Å². The van der Waals surface area contributed by atoms with Gasteiger partial charge in [0.15, 0.2) is 0 Å². The van der Waals surface area contributed by atoms with E-state index < -0.39 is 11.5 Å². The molecule has 0 saturated carbocycles. The van der Waals surface area contributed by atoms with Gasteiger partial charge in [-0.1, -0.05) is 12.1 Å². The Kier molecular flexibility index (Phi) is 4.15. The number of hydrogen-bond acceptors (Lipinski definition) is 6. The third kappa shape index (κ3) is 2.91. The van der Waals surface area contributed by atoms with E-state index in [0.29, 0.717) is 16.8 Å². The van der Waals surface area contributed by atoms with Crippen LogP contribution in [0.25, 0.3) is 10.9 Å². The number of anilines is 2. The van der Waals surface area contributed by atoms with Crippen molar-refractivity contribution in [3.05, 3.63) is 64.2 Å².